The van der Waals surface area contributed by atoms with Gasteiger partial charge in [-0.05, 0) is 30.3 Å². The monoisotopic (exact) mass is 376 g/mol. The predicted molar refractivity (Wildman–Crippen MR) is 105 cm³/mol. The minimum Gasteiger partial charge on any atom is -0.316 e. The number of fused-ring (bicyclic) bond motifs is 1. The van der Waals surface area contributed by atoms with Gasteiger partial charge in [0.2, 0.25) is 10.0 Å². The zero-order valence-electron chi connectivity index (χ0n) is 14.2. The van der Waals surface area contributed by atoms with E-state index in [0.717, 1.165) is 16.6 Å². The van der Waals surface area contributed by atoms with Crippen molar-refractivity contribution in [3.63, 3.8) is 0 Å². The van der Waals surface area contributed by atoms with Gasteiger partial charge in [0.05, 0.1) is 10.4 Å². The quantitative estimate of drug-likeness (QED) is 0.553. The van der Waals surface area contributed by atoms with Gasteiger partial charge in [0.15, 0.2) is 5.78 Å². The van der Waals surface area contributed by atoms with Crippen LogP contribution in [0.3, 0.4) is 0 Å². The van der Waals surface area contributed by atoms with E-state index in [1.165, 1.54) is 12.1 Å². The second-order valence-electron chi connectivity index (χ2n) is 6.16. The van der Waals surface area contributed by atoms with Crippen molar-refractivity contribution in [2.24, 2.45) is 5.14 Å². The van der Waals surface area contributed by atoms with Crippen LogP contribution in [0.4, 0.5) is 0 Å². The van der Waals surface area contributed by atoms with Crippen LogP contribution in [0, 0.1) is 0 Å². The van der Waals surface area contributed by atoms with Gasteiger partial charge < -0.3 is 4.57 Å². The molecule has 0 bridgehead atoms. The molecular formula is C21H16N2O3S. The van der Waals surface area contributed by atoms with Crippen molar-refractivity contribution in [2.75, 3.05) is 0 Å². The first-order valence-corrected chi connectivity index (χ1v) is 9.83. The first kappa shape index (κ1) is 17.2. The molecule has 0 aliphatic rings. The van der Waals surface area contributed by atoms with E-state index in [4.69, 9.17) is 5.14 Å². The number of ketones is 1. The van der Waals surface area contributed by atoms with E-state index in [9.17, 15) is 13.2 Å². The van der Waals surface area contributed by atoms with Crippen LogP contribution in [0.25, 0.3) is 16.6 Å². The van der Waals surface area contributed by atoms with Crippen LogP contribution >= 0.6 is 0 Å². The van der Waals surface area contributed by atoms with E-state index >= 15 is 0 Å². The van der Waals surface area contributed by atoms with Gasteiger partial charge in [-0.2, -0.15) is 0 Å². The molecule has 0 atom stereocenters. The van der Waals surface area contributed by atoms with Gasteiger partial charge in [-0.15, -0.1) is 0 Å². The van der Waals surface area contributed by atoms with Crippen LogP contribution in [0.5, 0.6) is 0 Å². The van der Waals surface area contributed by atoms with Crippen LogP contribution in [0.2, 0.25) is 0 Å². The van der Waals surface area contributed by atoms with Crippen LogP contribution in [-0.2, 0) is 10.0 Å². The topological polar surface area (TPSA) is 82.2 Å². The Kier molecular flexibility index (Phi) is 4.14. The molecule has 0 saturated heterocycles. The molecule has 134 valence electrons. The Balaban J connectivity index is 1.87. The lowest BCUT2D eigenvalue weighted by atomic mass is 10.0. The van der Waals surface area contributed by atoms with Crippen molar-refractivity contribution in [2.45, 2.75) is 4.90 Å². The Morgan fingerprint density at radius 1 is 0.815 bits per heavy atom. The van der Waals surface area contributed by atoms with Gasteiger partial charge in [0.1, 0.15) is 0 Å². The third-order valence-corrected chi connectivity index (χ3v) is 5.37. The normalized spacial score (nSPS) is 11.6. The van der Waals surface area contributed by atoms with Gasteiger partial charge >= 0.3 is 0 Å². The summed E-state index contributed by atoms with van der Waals surface area (Å²) in [6.45, 7) is 0. The van der Waals surface area contributed by atoms with Crippen molar-refractivity contribution in [1.29, 1.82) is 0 Å². The van der Waals surface area contributed by atoms with Gasteiger partial charge in [0, 0.05) is 28.4 Å². The molecule has 27 heavy (non-hydrogen) atoms. The fraction of sp³-hybridized carbons (Fsp3) is 0. The molecular weight excluding hydrogens is 360 g/mol. The zero-order chi connectivity index (χ0) is 19.0. The number of sulfonamides is 1. The molecule has 2 N–H and O–H groups in total. The Labute approximate surface area is 156 Å². The number of hydrogen-bond acceptors (Lipinski definition) is 3. The molecule has 0 unspecified atom stereocenters. The Hall–Kier alpha value is -3.22. The second kappa shape index (κ2) is 6.50. The van der Waals surface area contributed by atoms with Crippen molar-refractivity contribution in [1.82, 2.24) is 4.57 Å². The maximum Gasteiger partial charge on any atom is 0.238 e. The summed E-state index contributed by atoms with van der Waals surface area (Å²) in [5.41, 5.74) is 2.81. The zero-order valence-corrected chi connectivity index (χ0v) is 15.1. The number of aromatic nitrogens is 1. The summed E-state index contributed by atoms with van der Waals surface area (Å²) in [7, 11) is -3.75. The van der Waals surface area contributed by atoms with E-state index < -0.39 is 10.0 Å². The summed E-state index contributed by atoms with van der Waals surface area (Å²) in [6, 6.07) is 23.0. The lowest BCUT2D eigenvalue weighted by Gasteiger charge is -2.06. The standard InChI is InChI=1S/C21H16N2O3S/c22-27(25,26)17-12-10-16(11-13-17)23-14-19(18-8-4-5-9-20(18)23)21(24)15-6-2-1-3-7-15/h1-14H,(H2,22,25,26). The van der Waals surface area contributed by atoms with Crippen molar-refractivity contribution in [3.05, 3.63) is 96.2 Å². The number of para-hydroxylation sites is 1. The summed E-state index contributed by atoms with van der Waals surface area (Å²) >= 11 is 0. The first-order valence-electron chi connectivity index (χ1n) is 8.28. The Morgan fingerprint density at radius 3 is 2.11 bits per heavy atom. The molecule has 5 nitrogen and oxygen atoms in total. The third kappa shape index (κ3) is 3.16. The summed E-state index contributed by atoms with van der Waals surface area (Å²) in [5, 5.41) is 6.00. The molecule has 6 heteroatoms. The highest BCUT2D eigenvalue weighted by Crippen LogP contribution is 2.27. The smallest absolute Gasteiger partial charge is 0.238 e. The number of nitrogens with zero attached hydrogens (tertiary/aromatic N) is 1. The van der Waals surface area contributed by atoms with E-state index in [-0.39, 0.29) is 10.7 Å². The molecule has 0 spiro atoms. The van der Waals surface area contributed by atoms with Gasteiger partial charge in [-0.3, -0.25) is 4.79 Å². The van der Waals surface area contributed by atoms with Crippen LogP contribution in [0.1, 0.15) is 15.9 Å². The number of primary sulfonamides is 1. The lowest BCUT2D eigenvalue weighted by molar-refractivity contribution is 0.104. The van der Waals surface area contributed by atoms with E-state index in [2.05, 4.69) is 0 Å². The summed E-state index contributed by atoms with van der Waals surface area (Å²) in [5.74, 6) is -0.0632. The average Bonchev–Trinajstić information content (AvgIpc) is 3.07. The third-order valence-electron chi connectivity index (χ3n) is 4.44. The molecule has 0 radical (unpaired) electrons. The molecule has 0 amide bonds. The van der Waals surface area contributed by atoms with E-state index in [1.807, 2.05) is 47.0 Å². The molecule has 0 aliphatic carbocycles. The Bertz CT molecular complexity index is 1240. The van der Waals surface area contributed by atoms with Gasteiger partial charge in [-0.25, -0.2) is 13.6 Å². The molecule has 1 aromatic heterocycles. The number of carbonyl (C=O) groups excluding carboxylic acids is 1. The van der Waals surface area contributed by atoms with Crippen LogP contribution in [0.15, 0.2) is 90.0 Å². The molecule has 4 aromatic rings. The molecule has 3 aromatic carbocycles. The molecule has 0 saturated carbocycles. The highest BCUT2D eigenvalue weighted by Gasteiger charge is 2.17. The second-order valence-corrected chi connectivity index (χ2v) is 7.73. The fourth-order valence-electron chi connectivity index (χ4n) is 3.12. The highest BCUT2D eigenvalue weighted by atomic mass is 32.2. The number of hydrogen-bond donors (Lipinski definition) is 1. The largest absolute Gasteiger partial charge is 0.316 e. The van der Waals surface area contributed by atoms with Gasteiger partial charge in [0.25, 0.3) is 0 Å². The maximum atomic E-state index is 13.0. The highest BCUT2D eigenvalue weighted by molar-refractivity contribution is 7.89. The average molecular weight is 376 g/mol. The van der Waals surface area contributed by atoms with Crippen molar-refractivity contribution < 1.29 is 13.2 Å². The van der Waals surface area contributed by atoms with Crippen LogP contribution < -0.4 is 5.14 Å². The Morgan fingerprint density at radius 2 is 1.44 bits per heavy atom. The summed E-state index contributed by atoms with van der Waals surface area (Å²) in [6.07, 6.45) is 1.78. The maximum absolute atomic E-state index is 13.0. The van der Waals surface area contributed by atoms with Crippen LogP contribution in [-0.4, -0.2) is 18.8 Å². The van der Waals surface area contributed by atoms with Crippen molar-refractivity contribution >= 4 is 26.7 Å². The molecule has 0 fully saturated rings. The first-order chi connectivity index (χ1) is 12.9. The predicted octanol–water partition coefficient (Wildman–Crippen LogP) is 3.51. The number of nitrogens with two attached hydrogens (primary N) is 1. The minimum absolute atomic E-state index is 0.0447. The fourth-order valence-corrected chi connectivity index (χ4v) is 3.63. The lowest BCUT2D eigenvalue weighted by Crippen LogP contribution is -2.11. The van der Waals surface area contributed by atoms with Crippen molar-refractivity contribution in [3.8, 4) is 5.69 Å². The summed E-state index contributed by atoms with van der Waals surface area (Å²) < 4.78 is 24.8. The minimum atomic E-state index is -3.75. The number of benzene rings is 3. The molecule has 4 rings (SSSR count). The number of rotatable bonds is 4. The SMILES string of the molecule is NS(=O)(=O)c1ccc(-n2cc(C(=O)c3ccccc3)c3ccccc32)cc1. The van der Waals surface area contributed by atoms with E-state index in [1.54, 1.807) is 30.5 Å². The number of carbonyl (C=O) groups is 1. The van der Waals surface area contributed by atoms with Gasteiger partial charge in [-0.1, -0.05) is 48.5 Å². The van der Waals surface area contributed by atoms with E-state index in [0.29, 0.717) is 11.1 Å². The molecule has 1 heterocycles. The molecule has 0 aliphatic heterocycles. The summed E-state index contributed by atoms with van der Waals surface area (Å²) in [4.78, 5) is 13.0.